The number of carbonyl (C=O) groups is 1. The van der Waals surface area contributed by atoms with Crippen LogP contribution < -0.4 is 5.32 Å². The first-order valence-corrected chi connectivity index (χ1v) is 6.15. The van der Waals surface area contributed by atoms with Gasteiger partial charge in [0.05, 0.1) is 12.2 Å². The fourth-order valence-corrected chi connectivity index (χ4v) is 2.47. The minimum absolute atomic E-state index is 0.0746. The summed E-state index contributed by atoms with van der Waals surface area (Å²) in [7, 11) is 0. The maximum Gasteiger partial charge on any atom is 0.324 e. The lowest BCUT2D eigenvalue weighted by atomic mass is 9.84. The molecule has 2 N–H and O–H groups in total. The molecule has 0 amide bonds. The molecule has 1 saturated heterocycles. The molecule has 0 aromatic carbocycles. The molecule has 18 heavy (non-hydrogen) atoms. The summed E-state index contributed by atoms with van der Waals surface area (Å²) in [6.45, 7) is 4.66. The zero-order chi connectivity index (χ0) is 13.6. The van der Waals surface area contributed by atoms with Crippen LogP contribution in [-0.4, -0.2) is 41.9 Å². The first kappa shape index (κ1) is 14.8. The highest BCUT2D eigenvalue weighted by Gasteiger charge is 2.44. The average Bonchev–Trinajstić information content (AvgIpc) is 2.27. The van der Waals surface area contributed by atoms with Gasteiger partial charge < -0.3 is 15.2 Å². The van der Waals surface area contributed by atoms with Crippen LogP contribution in [0.25, 0.3) is 10.4 Å². The molecule has 1 aliphatic rings. The highest BCUT2D eigenvalue weighted by Crippen LogP contribution is 2.29. The van der Waals surface area contributed by atoms with E-state index in [2.05, 4.69) is 15.3 Å². The predicted molar refractivity (Wildman–Crippen MR) is 66.2 cm³/mol. The Morgan fingerprint density at radius 3 is 2.67 bits per heavy atom. The molecule has 102 valence electrons. The summed E-state index contributed by atoms with van der Waals surface area (Å²) in [6.07, 6.45) is 1.38. The normalized spacial score (nSPS) is 31.7. The summed E-state index contributed by atoms with van der Waals surface area (Å²) >= 11 is 0. The minimum Gasteiger partial charge on any atom is -0.480 e. The number of nitrogens with zero attached hydrogens (tertiary/aromatic N) is 3. The van der Waals surface area contributed by atoms with Gasteiger partial charge in [0.1, 0.15) is 5.54 Å². The summed E-state index contributed by atoms with van der Waals surface area (Å²) < 4.78 is 5.57. The Balaban J connectivity index is 2.57. The lowest BCUT2D eigenvalue weighted by Gasteiger charge is -2.40. The van der Waals surface area contributed by atoms with Gasteiger partial charge in [0, 0.05) is 24.3 Å². The molecule has 0 saturated carbocycles. The van der Waals surface area contributed by atoms with Crippen molar-refractivity contribution in [2.24, 2.45) is 5.11 Å². The van der Waals surface area contributed by atoms with Crippen LogP contribution in [0.5, 0.6) is 0 Å². The van der Waals surface area contributed by atoms with E-state index in [1.54, 1.807) is 0 Å². The quantitative estimate of drug-likeness (QED) is 0.326. The second-order valence-corrected chi connectivity index (χ2v) is 4.79. The molecule has 0 aliphatic carbocycles. The molecule has 7 heteroatoms. The molecular weight excluding hydrogens is 236 g/mol. The fourth-order valence-electron chi connectivity index (χ4n) is 2.47. The Kier molecular flexibility index (Phi) is 5.40. The number of rotatable bonds is 6. The SMILES string of the molecule is CC1CC(NCCCN=[N+]=[N-])(C(=O)O)CC(C)O1. The number of azide groups is 1. The molecule has 0 aromatic rings. The van der Waals surface area contributed by atoms with E-state index in [0.29, 0.717) is 32.4 Å². The van der Waals surface area contributed by atoms with E-state index in [4.69, 9.17) is 10.3 Å². The largest absolute Gasteiger partial charge is 0.480 e. The fraction of sp³-hybridized carbons (Fsp3) is 0.909. The Morgan fingerprint density at radius 2 is 2.17 bits per heavy atom. The number of carboxylic acids is 1. The molecule has 2 unspecified atom stereocenters. The summed E-state index contributed by atoms with van der Waals surface area (Å²) in [6, 6.07) is 0. The van der Waals surface area contributed by atoms with Gasteiger partial charge in [0.15, 0.2) is 0 Å². The lowest BCUT2D eigenvalue weighted by molar-refractivity contribution is -0.155. The number of aliphatic carboxylic acids is 1. The third-order valence-electron chi connectivity index (χ3n) is 3.11. The second kappa shape index (κ2) is 6.58. The van der Waals surface area contributed by atoms with Gasteiger partial charge in [-0.25, -0.2) is 0 Å². The van der Waals surface area contributed by atoms with Gasteiger partial charge in [0.25, 0.3) is 0 Å². The lowest BCUT2D eigenvalue weighted by Crippen LogP contribution is -2.59. The number of nitrogens with one attached hydrogen (secondary N) is 1. The Bertz CT molecular complexity index is 331. The number of carboxylic acid groups (broad SMARTS) is 1. The van der Waals surface area contributed by atoms with E-state index < -0.39 is 11.5 Å². The summed E-state index contributed by atoms with van der Waals surface area (Å²) in [5, 5.41) is 15.9. The third-order valence-corrected chi connectivity index (χ3v) is 3.11. The first-order valence-electron chi connectivity index (χ1n) is 6.15. The van der Waals surface area contributed by atoms with Crippen LogP contribution in [0.1, 0.15) is 33.1 Å². The summed E-state index contributed by atoms with van der Waals surface area (Å²) in [4.78, 5) is 14.1. The second-order valence-electron chi connectivity index (χ2n) is 4.79. The third kappa shape index (κ3) is 3.87. The van der Waals surface area contributed by atoms with E-state index in [-0.39, 0.29) is 12.2 Å². The van der Waals surface area contributed by atoms with Gasteiger partial charge in [-0.15, -0.1) is 0 Å². The van der Waals surface area contributed by atoms with Crippen molar-refractivity contribution in [1.82, 2.24) is 5.32 Å². The predicted octanol–water partition coefficient (Wildman–Crippen LogP) is 1.69. The standard InChI is InChI=1S/C11H20N4O3/c1-8-6-11(10(16)17,7-9(2)18-8)13-4-3-5-14-15-12/h8-9,13H,3-7H2,1-2H3,(H,16,17). The molecule has 1 heterocycles. The van der Waals surface area contributed by atoms with Gasteiger partial charge in [0.2, 0.25) is 0 Å². The maximum absolute atomic E-state index is 11.5. The molecule has 0 aromatic heterocycles. The van der Waals surface area contributed by atoms with Crippen LogP contribution in [0, 0.1) is 0 Å². The topological polar surface area (TPSA) is 107 Å². The van der Waals surface area contributed by atoms with Crippen LogP contribution >= 0.6 is 0 Å². The molecule has 1 fully saturated rings. The molecule has 1 rings (SSSR count). The van der Waals surface area contributed by atoms with Crippen molar-refractivity contribution >= 4 is 5.97 Å². The first-order chi connectivity index (χ1) is 8.50. The van der Waals surface area contributed by atoms with Crippen molar-refractivity contribution in [3.8, 4) is 0 Å². The average molecular weight is 256 g/mol. The van der Waals surface area contributed by atoms with E-state index in [1.807, 2.05) is 13.8 Å². The van der Waals surface area contributed by atoms with Gasteiger partial charge in [-0.2, -0.15) is 0 Å². The molecule has 0 radical (unpaired) electrons. The summed E-state index contributed by atoms with van der Waals surface area (Å²) in [5.74, 6) is -0.840. The van der Waals surface area contributed by atoms with Crippen LogP contribution in [0.15, 0.2) is 5.11 Å². The van der Waals surface area contributed by atoms with Crippen molar-refractivity contribution in [2.45, 2.75) is 50.9 Å². The molecule has 0 bridgehead atoms. The highest BCUT2D eigenvalue weighted by atomic mass is 16.5. The molecular formula is C11H20N4O3. The zero-order valence-corrected chi connectivity index (χ0v) is 10.8. The molecule has 0 spiro atoms. The molecule has 7 nitrogen and oxygen atoms in total. The number of ether oxygens (including phenoxy) is 1. The van der Waals surface area contributed by atoms with Gasteiger partial charge in [-0.3, -0.25) is 4.79 Å². The highest BCUT2D eigenvalue weighted by molar-refractivity contribution is 5.79. The molecule has 2 atom stereocenters. The smallest absolute Gasteiger partial charge is 0.324 e. The Morgan fingerprint density at radius 1 is 1.56 bits per heavy atom. The van der Waals surface area contributed by atoms with Gasteiger partial charge in [-0.05, 0) is 32.3 Å². The van der Waals surface area contributed by atoms with E-state index in [0.717, 1.165) is 0 Å². The van der Waals surface area contributed by atoms with Crippen LogP contribution in [-0.2, 0) is 9.53 Å². The van der Waals surface area contributed by atoms with Crippen LogP contribution in [0.4, 0.5) is 0 Å². The van der Waals surface area contributed by atoms with Crippen molar-refractivity contribution in [3.63, 3.8) is 0 Å². The monoisotopic (exact) mass is 256 g/mol. The van der Waals surface area contributed by atoms with Crippen LogP contribution in [0.3, 0.4) is 0 Å². The molecule has 1 aliphatic heterocycles. The van der Waals surface area contributed by atoms with E-state index >= 15 is 0 Å². The van der Waals surface area contributed by atoms with Crippen molar-refractivity contribution in [3.05, 3.63) is 10.4 Å². The van der Waals surface area contributed by atoms with Crippen molar-refractivity contribution in [1.29, 1.82) is 0 Å². The number of hydrogen-bond acceptors (Lipinski definition) is 4. The Labute approximate surface area is 106 Å². The van der Waals surface area contributed by atoms with E-state index in [9.17, 15) is 9.90 Å². The number of hydrogen-bond donors (Lipinski definition) is 2. The van der Waals surface area contributed by atoms with Crippen molar-refractivity contribution < 1.29 is 14.6 Å². The van der Waals surface area contributed by atoms with Crippen molar-refractivity contribution in [2.75, 3.05) is 13.1 Å². The van der Waals surface area contributed by atoms with Gasteiger partial charge >= 0.3 is 5.97 Å². The van der Waals surface area contributed by atoms with Crippen LogP contribution in [0.2, 0.25) is 0 Å². The maximum atomic E-state index is 11.5. The zero-order valence-electron chi connectivity index (χ0n) is 10.8. The van der Waals surface area contributed by atoms with Gasteiger partial charge in [-0.1, -0.05) is 5.11 Å². The minimum atomic E-state index is -0.923. The Hall–Kier alpha value is -1.30. The van der Waals surface area contributed by atoms with E-state index in [1.165, 1.54) is 0 Å². The summed E-state index contributed by atoms with van der Waals surface area (Å²) in [5.41, 5.74) is 7.23.